The molecule has 0 fully saturated rings. The number of rotatable bonds is 1. The van der Waals surface area contributed by atoms with Crippen LogP contribution < -0.4 is 0 Å². The molecule has 82 valence electrons. The van der Waals surface area contributed by atoms with Crippen molar-refractivity contribution >= 4 is 0 Å². The molecule has 2 aromatic carbocycles. The Hall–Kier alpha value is -1.96. The highest BCUT2D eigenvalue weighted by Crippen LogP contribution is 2.37. The van der Waals surface area contributed by atoms with Gasteiger partial charge in [-0.3, -0.25) is 0 Å². The van der Waals surface area contributed by atoms with Crippen LogP contribution >= 0.6 is 0 Å². The van der Waals surface area contributed by atoms with E-state index in [9.17, 15) is 10.2 Å². The molecule has 0 bridgehead atoms. The van der Waals surface area contributed by atoms with Gasteiger partial charge in [-0.15, -0.1) is 0 Å². The average Bonchev–Trinajstić information content (AvgIpc) is 2.20. The number of aryl methyl sites for hydroxylation is 2. The van der Waals surface area contributed by atoms with Gasteiger partial charge in [0.05, 0.1) is 0 Å². The maximum absolute atomic E-state index is 9.88. The van der Waals surface area contributed by atoms with Gasteiger partial charge in [-0.05, 0) is 37.1 Å². The topological polar surface area (TPSA) is 40.5 Å². The molecule has 0 saturated carbocycles. The SMILES string of the molecule is Cc1ccc(-c2c(C)cccc2O)c(O)c1. The molecule has 0 heterocycles. The van der Waals surface area contributed by atoms with Gasteiger partial charge in [0.1, 0.15) is 11.5 Å². The summed E-state index contributed by atoms with van der Waals surface area (Å²) in [7, 11) is 0. The number of hydrogen-bond donors (Lipinski definition) is 2. The van der Waals surface area contributed by atoms with Crippen molar-refractivity contribution in [1.29, 1.82) is 0 Å². The number of aromatic hydroxyl groups is 2. The van der Waals surface area contributed by atoms with E-state index < -0.39 is 0 Å². The van der Waals surface area contributed by atoms with Crippen LogP contribution in [0.15, 0.2) is 36.4 Å². The lowest BCUT2D eigenvalue weighted by Gasteiger charge is -2.10. The molecular weight excluding hydrogens is 200 g/mol. The number of hydrogen-bond acceptors (Lipinski definition) is 2. The Morgan fingerprint density at radius 3 is 2.25 bits per heavy atom. The van der Waals surface area contributed by atoms with Crippen molar-refractivity contribution in [1.82, 2.24) is 0 Å². The average molecular weight is 214 g/mol. The van der Waals surface area contributed by atoms with E-state index in [1.165, 1.54) is 0 Å². The number of benzene rings is 2. The fraction of sp³-hybridized carbons (Fsp3) is 0.143. The number of phenolic OH excluding ortho intramolecular Hbond substituents is 2. The van der Waals surface area contributed by atoms with Crippen molar-refractivity contribution in [2.75, 3.05) is 0 Å². The molecule has 0 atom stereocenters. The Balaban J connectivity index is 2.68. The molecule has 2 N–H and O–H groups in total. The van der Waals surface area contributed by atoms with Crippen LogP contribution in [0.25, 0.3) is 11.1 Å². The molecule has 0 saturated heterocycles. The molecular formula is C14H14O2. The zero-order chi connectivity index (χ0) is 11.7. The van der Waals surface area contributed by atoms with E-state index in [0.29, 0.717) is 11.1 Å². The fourth-order valence-electron chi connectivity index (χ4n) is 1.86. The second-order valence-corrected chi connectivity index (χ2v) is 3.99. The van der Waals surface area contributed by atoms with Crippen molar-refractivity contribution < 1.29 is 10.2 Å². The van der Waals surface area contributed by atoms with Gasteiger partial charge in [-0.1, -0.05) is 24.3 Å². The highest BCUT2D eigenvalue weighted by Gasteiger charge is 2.11. The quantitative estimate of drug-likeness (QED) is 0.764. The highest BCUT2D eigenvalue weighted by molar-refractivity contribution is 5.78. The van der Waals surface area contributed by atoms with E-state index in [0.717, 1.165) is 11.1 Å². The first-order valence-corrected chi connectivity index (χ1v) is 5.18. The summed E-state index contributed by atoms with van der Waals surface area (Å²) in [6.07, 6.45) is 0. The van der Waals surface area contributed by atoms with E-state index in [4.69, 9.17) is 0 Å². The van der Waals surface area contributed by atoms with Crippen LogP contribution in [0.4, 0.5) is 0 Å². The van der Waals surface area contributed by atoms with Crippen molar-refractivity contribution in [2.45, 2.75) is 13.8 Å². The lowest BCUT2D eigenvalue weighted by Crippen LogP contribution is -1.85. The maximum Gasteiger partial charge on any atom is 0.123 e. The van der Waals surface area contributed by atoms with Crippen LogP contribution in [0.2, 0.25) is 0 Å². The van der Waals surface area contributed by atoms with Crippen LogP contribution in [0.5, 0.6) is 11.5 Å². The van der Waals surface area contributed by atoms with Crippen molar-refractivity contribution in [3.05, 3.63) is 47.5 Å². The van der Waals surface area contributed by atoms with E-state index in [-0.39, 0.29) is 11.5 Å². The summed E-state index contributed by atoms with van der Waals surface area (Å²) in [6, 6.07) is 10.8. The van der Waals surface area contributed by atoms with Gasteiger partial charge < -0.3 is 10.2 Å². The first-order valence-electron chi connectivity index (χ1n) is 5.18. The summed E-state index contributed by atoms with van der Waals surface area (Å²) < 4.78 is 0. The minimum Gasteiger partial charge on any atom is -0.507 e. The Kier molecular flexibility index (Phi) is 2.57. The van der Waals surface area contributed by atoms with Crippen LogP contribution in [-0.4, -0.2) is 10.2 Å². The molecule has 0 aliphatic carbocycles. The smallest absolute Gasteiger partial charge is 0.123 e. The van der Waals surface area contributed by atoms with Gasteiger partial charge in [0.25, 0.3) is 0 Å². The van der Waals surface area contributed by atoms with Gasteiger partial charge in [0, 0.05) is 11.1 Å². The zero-order valence-electron chi connectivity index (χ0n) is 9.36. The predicted octanol–water partition coefficient (Wildman–Crippen LogP) is 3.38. The van der Waals surface area contributed by atoms with E-state index in [2.05, 4.69) is 0 Å². The molecule has 0 aliphatic heterocycles. The second kappa shape index (κ2) is 3.89. The second-order valence-electron chi connectivity index (χ2n) is 3.99. The lowest BCUT2D eigenvalue weighted by atomic mass is 9.98. The van der Waals surface area contributed by atoms with Crippen LogP contribution in [0.3, 0.4) is 0 Å². The van der Waals surface area contributed by atoms with Gasteiger partial charge in [0.2, 0.25) is 0 Å². The molecule has 16 heavy (non-hydrogen) atoms. The molecule has 2 heteroatoms. The summed E-state index contributed by atoms with van der Waals surface area (Å²) in [5.74, 6) is 0.392. The largest absolute Gasteiger partial charge is 0.507 e. The Bertz CT molecular complexity index is 510. The summed E-state index contributed by atoms with van der Waals surface area (Å²) in [5, 5.41) is 19.7. The molecule has 0 spiro atoms. The monoisotopic (exact) mass is 214 g/mol. The summed E-state index contributed by atoms with van der Waals surface area (Å²) in [4.78, 5) is 0. The minimum absolute atomic E-state index is 0.194. The van der Waals surface area contributed by atoms with E-state index >= 15 is 0 Å². The summed E-state index contributed by atoms with van der Waals surface area (Å²) in [6.45, 7) is 3.83. The Morgan fingerprint density at radius 1 is 0.875 bits per heavy atom. The van der Waals surface area contributed by atoms with E-state index in [1.54, 1.807) is 18.2 Å². The third-order valence-electron chi connectivity index (χ3n) is 2.67. The lowest BCUT2D eigenvalue weighted by molar-refractivity contribution is 0.468. The van der Waals surface area contributed by atoms with Crippen LogP contribution in [0, 0.1) is 13.8 Å². The summed E-state index contributed by atoms with van der Waals surface area (Å²) in [5.41, 5.74) is 3.30. The van der Waals surface area contributed by atoms with Crippen molar-refractivity contribution in [3.63, 3.8) is 0 Å². The molecule has 0 amide bonds. The van der Waals surface area contributed by atoms with Crippen molar-refractivity contribution in [3.8, 4) is 22.6 Å². The van der Waals surface area contributed by atoms with E-state index in [1.807, 2.05) is 32.0 Å². The fourth-order valence-corrected chi connectivity index (χ4v) is 1.86. The van der Waals surface area contributed by atoms with Crippen LogP contribution in [-0.2, 0) is 0 Å². The number of phenols is 2. The van der Waals surface area contributed by atoms with Gasteiger partial charge >= 0.3 is 0 Å². The molecule has 0 aliphatic rings. The van der Waals surface area contributed by atoms with Crippen molar-refractivity contribution in [2.24, 2.45) is 0 Å². The van der Waals surface area contributed by atoms with Gasteiger partial charge in [0.15, 0.2) is 0 Å². The van der Waals surface area contributed by atoms with Crippen LogP contribution in [0.1, 0.15) is 11.1 Å². The molecule has 2 aromatic rings. The minimum atomic E-state index is 0.194. The summed E-state index contributed by atoms with van der Waals surface area (Å²) >= 11 is 0. The third-order valence-corrected chi connectivity index (χ3v) is 2.67. The van der Waals surface area contributed by atoms with Gasteiger partial charge in [-0.25, -0.2) is 0 Å². The Labute approximate surface area is 94.8 Å². The van der Waals surface area contributed by atoms with Gasteiger partial charge in [-0.2, -0.15) is 0 Å². The molecule has 0 aromatic heterocycles. The first-order chi connectivity index (χ1) is 7.59. The first kappa shape index (κ1) is 10.6. The molecule has 2 rings (SSSR count). The predicted molar refractivity (Wildman–Crippen MR) is 64.7 cm³/mol. The zero-order valence-corrected chi connectivity index (χ0v) is 9.36. The molecule has 0 radical (unpaired) electrons. The third kappa shape index (κ3) is 1.74. The Morgan fingerprint density at radius 2 is 1.62 bits per heavy atom. The standard InChI is InChI=1S/C14H14O2/c1-9-6-7-11(13(16)8-9)14-10(2)4-3-5-12(14)15/h3-8,15-16H,1-2H3. The molecule has 2 nitrogen and oxygen atoms in total. The highest BCUT2D eigenvalue weighted by atomic mass is 16.3. The maximum atomic E-state index is 9.88. The normalized spacial score (nSPS) is 10.4. The molecule has 0 unspecified atom stereocenters.